The lowest BCUT2D eigenvalue weighted by atomic mass is 9.96. The zero-order valence-corrected chi connectivity index (χ0v) is 16.3. The summed E-state index contributed by atoms with van der Waals surface area (Å²) in [5, 5.41) is 8.46. The van der Waals surface area contributed by atoms with Crippen LogP contribution < -0.4 is 20.7 Å². The summed E-state index contributed by atoms with van der Waals surface area (Å²) in [4.78, 5) is 23.7. The van der Waals surface area contributed by atoms with Gasteiger partial charge in [0, 0.05) is 25.6 Å². The van der Waals surface area contributed by atoms with E-state index in [-0.39, 0.29) is 36.7 Å². The van der Waals surface area contributed by atoms with Crippen LogP contribution in [0, 0.1) is 0 Å². The maximum Gasteiger partial charge on any atom is 0.422 e. The van der Waals surface area contributed by atoms with Crippen molar-refractivity contribution in [2.45, 2.75) is 63.7 Å². The van der Waals surface area contributed by atoms with E-state index >= 15 is 0 Å². The molecule has 0 heterocycles. The van der Waals surface area contributed by atoms with Gasteiger partial charge in [-0.05, 0) is 37.0 Å². The molecule has 0 bridgehead atoms. The molecule has 0 aliphatic heterocycles. The number of halogens is 3. The predicted molar refractivity (Wildman–Crippen MR) is 102 cm³/mol. The van der Waals surface area contributed by atoms with Crippen LogP contribution in [0.3, 0.4) is 0 Å². The van der Waals surface area contributed by atoms with Crippen LogP contribution in [0.25, 0.3) is 0 Å². The Balaban J connectivity index is 1.55. The van der Waals surface area contributed by atoms with Crippen LogP contribution in [0.1, 0.15) is 50.5 Å². The molecule has 0 saturated heterocycles. The maximum absolute atomic E-state index is 12.1. The molecule has 1 saturated carbocycles. The van der Waals surface area contributed by atoms with E-state index in [0.717, 1.165) is 31.2 Å². The van der Waals surface area contributed by atoms with E-state index in [1.165, 1.54) is 18.6 Å². The molecular weight excluding hydrogens is 387 g/mol. The molecule has 6 nitrogen and oxygen atoms in total. The van der Waals surface area contributed by atoms with Gasteiger partial charge in [0.15, 0.2) is 6.61 Å². The van der Waals surface area contributed by atoms with E-state index in [1.807, 2.05) is 0 Å². The number of ether oxygens (including phenoxy) is 1. The van der Waals surface area contributed by atoms with Crippen molar-refractivity contribution in [3.05, 3.63) is 29.8 Å². The summed E-state index contributed by atoms with van der Waals surface area (Å²) in [6.07, 6.45) is 1.98. The molecule has 0 radical (unpaired) electrons. The molecule has 1 aliphatic rings. The first-order chi connectivity index (χ1) is 13.8. The zero-order valence-electron chi connectivity index (χ0n) is 16.3. The Morgan fingerprint density at radius 3 is 2.38 bits per heavy atom. The molecule has 1 fully saturated rings. The minimum Gasteiger partial charge on any atom is -0.484 e. The van der Waals surface area contributed by atoms with E-state index in [4.69, 9.17) is 0 Å². The van der Waals surface area contributed by atoms with Crippen molar-refractivity contribution >= 4 is 11.9 Å². The number of benzene rings is 1. The normalized spacial score (nSPS) is 14.9. The Hall–Kier alpha value is -2.45. The van der Waals surface area contributed by atoms with Crippen LogP contribution in [0.2, 0.25) is 0 Å². The fourth-order valence-electron chi connectivity index (χ4n) is 3.09. The Morgan fingerprint density at radius 1 is 1.03 bits per heavy atom. The second-order valence-corrected chi connectivity index (χ2v) is 7.16. The highest BCUT2D eigenvalue weighted by Crippen LogP contribution is 2.19. The number of nitrogens with one attached hydrogen (secondary N) is 3. The summed E-state index contributed by atoms with van der Waals surface area (Å²) in [6, 6.07) is 6.12. The highest BCUT2D eigenvalue weighted by molar-refractivity contribution is 5.76. The fourth-order valence-corrected chi connectivity index (χ4v) is 3.09. The molecule has 0 aromatic heterocycles. The number of amides is 3. The van der Waals surface area contributed by atoms with Gasteiger partial charge in [-0.2, -0.15) is 13.2 Å². The average Bonchev–Trinajstić information content (AvgIpc) is 2.69. The van der Waals surface area contributed by atoms with E-state index in [2.05, 4.69) is 20.7 Å². The number of hydrogen-bond donors (Lipinski definition) is 3. The van der Waals surface area contributed by atoms with Crippen LogP contribution in [-0.2, 0) is 11.3 Å². The molecule has 1 aliphatic carbocycles. The van der Waals surface area contributed by atoms with Crippen molar-refractivity contribution in [1.29, 1.82) is 0 Å². The third-order valence-corrected chi connectivity index (χ3v) is 4.62. The molecule has 0 spiro atoms. The lowest BCUT2D eigenvalue weighted by molar-refractivity contribution is -0.153. The van der Waals surface area contributed by atoms with E-state index < -0.39 is 12.8 Å². The number of urea groups is 1. The molecule has 1 aromatic carbocycles. The summed E-state index contributed by atoms with van der Waals surface area (Å²) in [6.45, 7) is -0.652. The zero-order chi connectivity index (χ0) is 21.1. The van der Waals surface area contributed by atoms with Gasteiger partial charge < -0.3 is 20.7 Å². The summed E-state index contributed by atoms with van der Waals surface area (Å²) in [5.41, 5.74) is 0.752. The minimum absolute atomic E-state index is 0.120. The molecular formula is C20H28F3N3O3. The third kappa shape index (κ3) is 10.0. The van der Waals surface area contributed by atoms with Crippen molar-refractivity contribution < 1.29 is 27.5 Å². The maximum atomic E-state index is 12.1. The van der Waals surface area contributed by atoms with Crippen LogP contribution in [0.5, 0.6) is 5.75 Å². The molecule has 162 valence electrons. The first-order valence-electron chi connectivity index (χ1n) is 9.91. The highest BCUT2D eigenvalue weighted by Gasteiger charge is 2.28. The standard InChI is InChI=1S/C20H28F3N3O3/c21-20(22,23)14-29-17-10-8-15(9-11-17)13-25-18(27)7-4-12-24-19(28)26-16-5-2-1-3-6-16/h8-11,16H,1-7,12-14H2,(H,25,27)(H2,24,26,28). The highest BCUT2D eigenvalue weighted by atomic mass is 19.4. The smallest absolute Gasteiger partial charge is 0.422 e. The molecule has 29 heavy (non-hydrogen) atoms. The lowest BCUT2D eigenvalue weighted by Gasteiger charge is -2.22. The quantitative estimate of drug-likeness (QED) is 0.539. The first kappa shape index (κ1) is 22.8. The lowest BCUT2D eigenvalue weighted by Crippen LogP contribution is -2.43. The van der Waals surface area contributed by atoms with Crippen LogP contribution >= 0.6 is 0 Å². The fraction of sp³-hybridized carbons (Fsp3) is 0.600. The monoisotopic (exact) mass is 415 g/mol. The van der Waals surface area contributed by atoms with Gasteiger partial charge in [-0.3, -0.25) is 4.79 Å². The van der Waals surface area contributed by atoms with Gasteiger partial charge in [-0.25, -0.2) is 4.79 Å². The Labute approximate surface area is 168 Å². The summed E-state index contributed by atoms with van der Waals surface area (Å²) >= 11 is 0. The Morgan fingerprint density at radius 2 is 1.72 bits per heavy atom. The van der Waals surface area contributed by atoms with Crippen LogP contribution in [-0.4, -0.2) is 37.3 Å². The second kappa shape index (κ2) is 11.5. The number of hydrogen-bond acceptors (Lipinski definition) is 3. The summed E-state index contributed by atoms with van der Waals surface area (Å²) in [5.74, 6) is -0.0353. The van der Waals surface area contributed by atoms with Crippen molar-refractivity contribution in [2.24, 2.45) is 0 Å². The minimum atomic E-state index is -4.38. The van der Waals surface area contributed by atoms with Crippen molar-refractivity contribution in [1.82, 2.24) is 16.0 Å². The average molecular weight is 415 g/mol. The van der Waals surface area contributed by atoms with Crippen LogP contribution in [0.15, 0.2) is 24.3 Å². The number of rotatable bonds is 9. The topological polar surface area (TPSA) is 79.5 Å². The largest absolute Gasteiger partial charge is 0.484 e. The molecule has 3 amide bonds. The van der Waals surface area contributed by atoms with Gasteiger partial charge >= 0.3 is 12.2 Å². The van der Waals surface area contributed by atoms with Crippen molar-refractivity contribution in [2.75, 3.05) is 13.2 Å². The molecule has 9 heteroatoms. The number of carbonyl (C=O) groups is 2. The second-order valence-electron chi connectivity index (χ2n) is 7.16. The van der Waals surface area contributed by atoms with Gasteiger partial charge in [0.2, 0.25) is 5.91 Å². The SMILES string of the molecule is O=C(CCCNC(=O)NC1CCCCC1)NCc1ccc(OCC(F)(F)F)cc1. The van der Waals surface area contributed by atoms with Gasteiger partial charge in [0.25, 0.3) is 0 Å². The molecule has 0 unspecified atom stereocenters. The predicted octanol–water partition coefficient (Wildman–Crippen LogP) is 3.66. The Bertz CT molecular complexity index is 645. The summed E-state index contributed by atoms with van der Waals surface area (Å²) in [7, 11) is 0. The molecule has 2 rings (SSSR count). The number of carbonyl (C=O) groups excluding carboxylic acids is 2. The van der Waals surface area contributed by atoms with Gasteiger partial charge in [0.1, 0.15) is 5.75 Å². The van der Waals surface area contributed by atoms with E-state index in [9.17, 15) is 22.8 Å². The van der Waals surface area contributed by atoms with Crippen LogP contribution in [0.4, 0.5) is 18.0 Å². The molecule has 3 N–H and O–H groups in total. The molecule has 0 atom stereocenters. The van der Waals surface area contributed by atoms with Crippen molar-refractivity contribution in [3.63, 3.8) is 0 Å². The molecule has 1 aromatic rings. The van der Waals surface area contributed by atoms with Crippen molar-refractivity contribution in [3.8, 4) is 5.75 Å². The van der Waals surface area contributed by atoms with E-state index in [1.54, 1.807) is 12.1 Å². The van der Waals surface area contributed by atoms with Gasteiger partial charge in [-0.15, -0.1) is 0 Å². The number of alkyl halides is 3. The summed E-state index contributed by atoms with van der Waals surface area (Å²) < 4.78 is 41.0. The van der Waals surface area contributed by atoms with E-state index in [0.29, 0.717) is 13.0 Å². The Kier molecular flexibility index (Phi) is 9.08. The first-order valence-corrected chi connectivity index (χ1v) is 9.91. The van der Waals surface area contributed by atoms with Gasteiger partial charge in [0.05, 0.1) is 0 Å². The van der Waals surface area contributed by atoms with Gasteiger partial charge in [-0.1, -0.05) is 31.4 Å². The third-order valence-electron chi connectivity index (χ3n) is 4.62.